The van der Waals surface area contributed by atoms with Crippen molar-refractivity contribution in [2.75, 3.05) is 19.3 Å². The largest absolute Gasteiger partial charge is 0.309 e. The van der Waals surface area contributed by atoms with Gasteiger partial charge < -0.3 is 5.32 Å². The van der Waals surface area contributed by atoms with Crippen molar-refractivity contribution in [1.82, 2.24) is 19.8 Å². The summed E-state index contributed by atoms with van der Waals surface area (Å²) in [4.78, 5) is 0. The van der Waals surface area contributed by atoms with Crippen LogP contribution in [0.15, 0.2) is 0 Å². The number of nitrogens with one attached hydrogen (secondary N) is 2. The van der Waals surface area contributed by atoms with Crippen LogP contribution in [0.25, 0.3) is 0 Å². The van der Waals surface area contributed by atoms with E-state index >= 15 is 0 Å². The minimum absolute atomic E-state index is 0.0772. The first-order valence-electron chi connectivity index (χ1n) is 6.50. The van der Waals surface area contributed by atoms with Gasteiger partial charge in [0.15, 0.2) is 0 Å². The van der Waals surface area contributed by atoms with Gasteiger partial charge in [0, 0.05) is 30.4 Å². The topological polar surface area (TPSA) is 76.0 Å². The summed E-state index contributed by atoms with van der Waals surface area (Å²) >= 11 is 0. The number of nitrogens with zero attached hydrogens (tertiary/aromatic N) is 2. The molecule has 2 N–H and O–H groups in total. The van der Waals surface area contributed by atoms with Gasteiger partial charge in [-0.05, 0) is 34.7 Å². The number of hydrogen-bond acceptors (Lipinski definition) is 4. The molecule has 1 unspecified atom stereocenters. The lowest BCUT2D eigenvalue weighted by Crippen LogP contribution is -2.31. The fraction of sp³-hybridized carbons (Fsp3) is 0.750. The molecule has 1 aromatic heterocycles. The fourth-order valence-corrected chi connectivity index (χ4v) is 2.85. The second kappa shape index (κ2) is 6.49. The van der Waals surface area contributed by atoms with Crippen LogP contribution in [0.3, 0.4) is 0 Å². The molecule has 0 amide bonds. The van der Waals surface area contributed by atoms with Crippen molar-refractivity contribution in [3.8, 4) is 0 Å². The molecule has 6 nitrogen and oxygen atoms in total. The highest BCUT2D eigenvalue weighted by atomic mass is 32.2. The van der Waals surface area contributed by atoms with Crippen molar-refractivity contribution >= 4 is 10.0 Å². The van der Waals surface area contributed by atoms with E-state index in [0.717, 1.165) is 23.5 Å². The highest BCUT2D eigenvalue weighted by molar-refractivity contribution is 7.89. The van der Waals surface area contributed by atoms with Gasteiger partial charge in [-0.1, -0.05) is 0 Å². The first-order valence-corrected chi connectivity index (χ1v) is 8.16. The molecule has 0 aliphatic heterocycles. The molecule has 7 heteroatoms. The molecule has 19 heavy (non-hydrogen) atoms. The standard InChI is InChI=1S/C12H24N4O2S/c1-6-16-11(4)12(10(3)15-16)9(2)14-7-8-19(17,18)13-5/h9,13-14H,6-8H2,1-5H3. The maximum Gasteiger partial charge on any atom is 0.212 e. The van der Waals surface area contributed by atoms with Gasteiger partial charge in [-0.15, -0.1) is 0 Å². The van der Waals surface area contributed by atoms with E-state index in [1.54, 1.807) is 0 Å². The van der Waals surface area contributed by atoms with Crippen LogP contribution in [0, 0.1) is 13.8 Å². The first-order chi connectivity index (χ1) is 8.82. The summed E-state index contributed by atoms with van der Waals surface area (Å²) in [5, 5.41) is 7.70. The van der Waals surface area contributed by atoms with Crippen LogP contribution in [0.1, 0.15) is 36.8 Å². The third kappa shape index (κ3) is 4.02. The van der Waals surface area contributed by atoms with Crippen LogP contribution in [0.4, 0.5) is 0 Å². The molecule has 0 bridgehead atoms. The smallest absolute Gasteiger partial charge is 0.212 e. The van der Waals surface area contributed by atoms with Gasteiger partial charge in [-0.25, -0.2) is 13.1 Å². The number of rotatable bonds is 7. The number of aromatic nitrogens is 2. The number of hydrogen-bond donors (Lipinski definition) is 2. The zero-order valence-electron chi connectivity index (χ0n) is 12.3. The molecular weight excluding hydrogens is 264 g/mol. The quantitative estimate of drug-likeness (QED) is 0.775. The molecular formula is C12H24N4O2S. The highest BCUT2D eigenvalue weighted by Crippen LogP contribution is 2.20. The van der Waals surface area contributed by atoms with Crippen molar-refractivity contribution in [2.24, 2.45) is 0 Å². The summed E-state index contributed by atoms with van der Waals surface area (Å²) in [6.45, 7) is 9.37. The molecule has 0 saturated carbocycles. The molecule has 0 aromatic carbocycles. The van der Waals surface area contributed by atoms with Gasteiger partial charge in [-0.3, -0.25) is 4.68 Å². The predicted molar refractivity (Wildman–Crippen MR) is 76.6 cm³/mol. The average molecular weight is 288 g/mol. The SMILES string of the molecule is CCn1nc(C)c(C(C)NCCS(=O)(=O)NC)c1C. The lowest BCUT2D eigenvalue weighted by molar-refractivity contribution is 0.563. The Morgan fingerprint density at radius 2 is 2.00 bits per heavy atom. The van der Waals surface area contributed by atoms with E-state index in [1.807, 2.05) is 25.5 Å². The Morgan fingerprint density at radius 3 is 2.47 bits per heavy atom. The van der Waals surface area contributed by atoms with Crippen molar-refractivity contribution in [2.45, 2.75) is 40.3 Å². The van der Waals surface area contributed by atoms with Gasteiger partial charge in [0.1, 0.15) is 0 Å². The van der Waals surface area contributed by atoms with E-state index < -0.39 is 10.0 Å². The zero-order chi connectivity index (χ0) is 14.6. The summed E-state index contributed by atoms with van der Waals surface area (Å²) in [6, 6.07) is 0.0901. The maximum absolute atomic E-state index is 11.3. The van der Waals surface area contributed by atoms with E-state index in [2.05, 4.69) is 22.1 Å². The zero-order valence-corrected chi connectivity index (χ0v) is 13.1. The van der Waals surface area contributed by atoms with Crippen LogP contribution in [-0.2, 0) is 16.6 Å². The lowest BCUT2D eigenvalue weighted by atomic mass is 10.1. The summed E-state index contributed by atoms with van der Waals surface area (Å²) in [7, 11) is -1.72. The van der Waals surface area contributed by atoms with E-state index in [-0.39, 0.29) is 11.8 Å². The fourth-order valence-electron chi connectivity index (χ4n) is 2.26. The maximum atomic E-state index is 11.3. The van der Waals surface area contributed by atoms with Crippen molar-refractivity contribution in [3.05, 3.63) is 17.0 Å². The van der Waals surface area contributed by atoms with Crippen LogP contribution < -0.4 is 10.0 Å². The molecule has 1 rings (SSSR count). The van der Waals surface area contributed by atoms with Gasteiger partial charge in [-0.2, -0.15) is 5.10 Å². The minimum atomic E-state index is -3.15. The summed E-state index contributed by atoms with van der Waals surface area (Å²) in [5.74, 6) is 0.0772. The second-order valence-electron chi connectivity index (χ2n) is 4.60. The van der Waals surface area contributed by atoms with Crippen LogP contribution >= 0.6 is 0 Å². The summed E-state index contributed by atoms with van der Waals surface area (Å²) < 4.78 is 26.9. The molecule has 0 fully saturated rings. The van der Waals surface area contributed by atoms with Crippen molar-refractivity contribution in [3.63, 3.8) is 0 Å². The van der Waals surface area contributed by atoms with Gasteiger partial charge in [0.2, 0.25) is 10.0 Å². The Hall–Kier alpha value is -0.920. The third-order valence-corrected chi connectivity index (χ3v) is 4.67. The Bertz CT molecular complexity index is 522. The molecule has 0 spiro atoms. The third-order valence-electron chi connectivity index (χ3n) is 3.30. The average Bonchev–Trinajstić information content (AvgIpc) is 2.64. The van der Waals surface area contributed by atoms with Crippen LogP contribution in [0.2, 0.25) is 0 Å². The molecule has 1 aromatic rings. The van der Waals surface area contributed by atoms with Gasteiger partial charge in [0.05, 0.1) is 11.4 Å². The number of aryl methyl sites for hydroxylation is 2. The van der Waals surface area contributed by atoms with E-state index in [0.29, 0.717) is 6.54 Å². The second-order valence-corrected chi connectivity index (χ2v) is 6.65. The predicted octanol–water partition coefficient (Wildman–Crippen LogP) is 0.720. The molecule has 0 saturated heterocycles. The monoisotopic (exact) mass is 288 g/mol. The molecule has 110 valence electrons. The van der Waals surface area contributed by atoms with Crippen LogP contribution in [0.5, 0.6) is 0 Å². The van der Waals surface area contributed by atoms with E-state index in [4.69, 9.17) is 0 Å². The van der Waals surface area contributed by atoms with Gasteiger partial charge >= 0.3 is 0 Å². The first kappa shape index (κ1) is 16.1. The Labute approximate surface area is 115 Å². The molecule has 0 aliphatic rings. The van der Waals surface area contributed by atoms with Crippen LogP contribution in [-0.4, -0.2) is 37.5 Å². The van der Waals surface area contributed by atoms with Crippen molar-refractivity contribution < 1.29 is 8.42 Å². The highest BCUT2D eigenvalue weighted by Gasteiger charge is 2.17. The van der Waals surface area contributed by atoms with Crippen molar-refractivity contribution in [1.29, 1.82) is 0 Å². The lowest BCUT2D eigenvalue weighted by Gasteiger charge is -2.14. The summed E-state index contributed by atoms with van der Waals surface area (Å²) in [5.41, 5.74) is 3.29. The molecule has 0 radical (unpaired) electrons. The molecule has 0 aliphatic carbocycles. The Balaban J connectivity index is 2.69. The molecule has 1 heterocycles. The minimum Gasteiger partial charge on any atom is -0.309 e. The summed E-state index contributed by atoms with van der Waals surface area (Å²) in [6.07, 6.45) is 0. The Kier molecular flexibility index (Phi) is 5.51. The van der Waals surface area contributed by atoms with E-state index in [1.165, 1.54) is 7.05 Å². The molecule has 1 atom stereocenters. The normalized spacial score (nSPS) is 13.7. The number of sulfonamides is 1. The Morgan fingerprint density at radius 1 is 1.37 bits per heavy atom. The van der Waals surface area contributed by atoms with E-state index in [9.17, 15) is 8.42 Å². The van der Waals surface area contributed by atoms with Gasteiger partial charge in [0.25, 0.3) is 0 Å².